The molecule has 0 bridgehead atoms. The van der Waals surface area contributed by atoms with Crippen LogP contribution in [0.4, 0.5) is 5.69 Å². The van der Waals surface area contributed by atoms with Crippen LogP contribution in [0.15, 0.2) is 79.4 Å². The van der Waals surface area contributed by atoms with Crippen LogP contribution >= 0.6 is 0 Å². The summed E-state index contributed by atoms with van der Waals surface area (Å²) >= 11 is 0. The molecule has 2 heterocycles. The van der Waals surface area contributed by atoms with E-state index >= 15 is 0 Å². The zero-order valence-electron chi connectivity index (χ0n) is 16.9. The summed E-state index contributed by atoms with van der Waals surface area (Å²) in [6.45, 7) is 4.77. The first-order chi connectivity index (χ1) is 15.2. The van der Waals surface area contributed by atoms with Gasteiger partial charge in [0, 0.05) is 12.2 Å². The molecule has 5 rings (SSSR count). The van der Waals surface area contributed by atoms with Crippen molar-refractivity contribution in [3.8, 4) is 17.2 Å². The molecular formula is C25H22N2O4. The Kier molecular flexibility index (Phi) is 4.96. The number of anilines is 1. The van der Waals surface area contributed by atoms with Crippen molar-refractivity contribution in [2.45, 2.75) is 12.7 Å². The van der Waals surface area contributed by atoms with Crippen molar-refractivity contribution in [3.63, 3.8) is 0 Å². The van der Waals surface area contributed by atoms with Gasteiger partial charge in [-0.2, -0.15) is 0 Å². The van der Waals surface area contributed by atoms with Gasteiger partial charge in [-0.15, -0.1) is 0 Å². The molecule has 6 nitrogen and oxygen atoms in total. The SMILES string of the molecule is C=CCOc1ccc(C2Nc3ccccc3C(=O)N2Cc2ccc3c(c2)OCO3)cc1. The van der Waals surface area contributed by atoms with Gasteiger partial charge in [0.15, 0.2) is 11.5 Å². The second-order valence-electron chi connectivity index (χ2n) is 7.38. The van der Waals surface area contributed by atoms with Crippen molar-refractivity contribution < 1.29 is 19.0 Å². The highest BCUT2D eigenvalue weighted by Gasteiger charge is 2.33. The summed E-state index contributed by atoms with van der Waals surface area (Å²) in [6, 6.07) is 21.1. The lowest BCUT2D eigenvalue weighted by molar-refractivity contribution is 0.0666. The molecule has 0 spiro atoms. The van der Waals surface area contributed by atoms with E-state index in [1.165, 1.54) is 0 Å². The molecule has 3 aromatic rings. The molecule has 0 radical (unpaired) electrons. The highest BCUT2D eigenvalue weighted by molar-refractivity contribution is 6.01. The molecule has 0 aromatic heterocycles. The first-order valence-electron chi connectivity index (χ1n) is 10.1. The van der Waals surface area contributed by atoms with E-state index in [1.54, 1.807) is 6.08 Å². The Labute approximate surface area is 180 Å². The monoisotopic (exact) mass is 414 g/mol. The van der Waals surface area contributed by atoms with Gasteiger partial charge in [-0.25, -0.2) is 0 Å². The van der Waals surface area contributed by atoms with Crippen molar-refractivity contribution in [1.29, 1.82) is 0 Å². The van der Waals surface area contributed by atoms with Crippen LogP contribution in [-0.4, -0.2) is 24.2 Å². The Morgan fingerprint density at radius 1 is 1.06 bits per heavy atom. The van der Waals surface area contributed by atoms with Crippen molar-refractivity contribution in [2.24, 2.45) is 0 Å². The van der Waals surface area contributed by atoms with E-state index in [0.717, 1.165) is 28.3 Å². The molecule has 0 saturated heterocycles. The number of rotatable bonds is 6. The number of nitrogens with one attached hydrogen (secondary N) is 1. The van der Waals surface area contributed by atoms with Crippen LogP contribution in [0.5, 0.6) is 17.2 Å². The molecule has 0 saturated carbocycles. The van der Waals surface area contributed by atoms with Gasteiger partial charge in [0.25, 0.3) is 5.91 Å². The summed E-state index contributed by atoms with van der Waals surface area (Å²) in [5, 5.41) is 3.52. The van der Waals surface area contributed by atoms with Gasteiger partial charge in [0.1, 0.15) is 18.5 Å². The van der Waals surface area contributed by atoms with Crippen LogP contribution in [-0.2, 0) is 6.54 Å². The summed E-state index contributed by atoms with van der Waals surface area (Å²) in [5.74, 6) is 2.16. The first kappa shape index (κ1) is 19.1. The number of amides is 1. The summed E-state index contributed by atoms with van der Waals surface area (Å²) in [6.07, 6.45) is 1.39. The fourth-order valence-electron chi connectivity index (χ4n) is 3.86. The molecule has 0 fully saturated rings. The Balaban J connectivity index is 1.48. The summed E-state index contributed by atoms with van der Waals surface area (Å²) in [4.78, 5) is 15.3. The molecule has 156 valence electrons. The largest absolute Gasteiger partial charge is 0.490 e. The fourth-order valence-corrected chi connectivity index (χ4v) is 3.86. The fraction of sp³-hybridized carbons (Fsp3) is 0.160. The molecule has 2 aliphatic rings. The van der Waals surface area contributed by atoms with Gasteiger partial charge in [0.05, 0.1) is 5.56 Å². The molecule has 2 aliphatic heterocycles. The highest BCUT2D eigenvalue weighted by Crippen LogP contribution is 2.37. The van der Waals surface area contributed by atoms with Crippen LogP contribution in [0, 0.1) is 0 Å². The summed E-state index contributed by atoms with van der Waals surface area (Å²) in [7, 11) is 0. The third-order valence-corrected chi connectivity index (χ3v) is 5.38. The van der Waals surface area contributed by atoms with Crippen molar-refractivity contribution in [1.82, 2.24) is 4.90 Å². The van der Waals surface area contributed by atoms with E-state index in [0.29, 0.717) is 24.5 Å². The molecular weight excluding hydrogens is 392 g/mol. The maximum Gasteiger partial charge on any atom is 0.258 e. The molecule has 1 N–H and O–H groups in total. The number of carbonyl (C=O) groups excluding carboxylic acids is 1. The van der Waals surface area contributed by atoms with Crippen molar-refractivity contribution in [3.05, 3.63) is 96.1 Å². The lowest BCUT2D eigenvalue weighted by atomic mass is 10.0. The maximum atomic E-state index is 13.4. The lowest BCUT2D eigenvalue weighted by Crippen LogP contribution is -2.42. The topological polar surface area (TPSA) is 60.0 Å². The second-order valence-corrected chi connectivity index (χ2v) is 7.38. The quantitative estimate of drug-likeness (QED) is 0.590. The number of hydrogen-bond acceptors (Lipinski definition) is 5. The predicted molar refractivity (Wildman–Crippen MR) is 117 cm³/mol. The van der Waals surface area contributed by atoms with E-state index in [9.17, 15) is 4.79 Å². The summed E-state index contributed by atoms with van der Waals surface area (Å²) in [5.41, 5.74) is 3.42. The minimum atomic E-state index is -0.318. The van der Waals surface area contributed by atoms with Crippen LogP contribution < -0.4 is 19.5 Å². The van der Waals surface area contributed by atoms with Crippen LogP contribution in [0.2, 0.25) is 0 Å². The second kappa shape index (κ2) is 8.07. The number of carbonyl (C=O) groups is 1. The van der Waals surface area contributed by atoms with E-state index in [1.807, 2.05) is 71.6 Å². The summed E-state index contributed by atoms with van der Waals surface area (Å²) < 4.78 is 16.5. The number of benzene rings is 3. The minimum absolute atomic E-state index is 0.0241. The standard InChI is InChI=1S/C25H22N2O4/c1-2-13-29-19-10-8-18(9-11-19)24-26-21-6-4-3-5-20(21)25(28)27(24)15-17-7-12-22-23(14-17)31-16-30-22/h2-12,14,24,26H,1,13,15-16H2. The smallest absolute Gasteiger partial charge is 0.258 e. The van der Waals surface area contributed by atoms with Gasteiger partial charge in [-0.1, -0.05) is 43.0 Å². The Hall–Kier alpha value is -3.93. The van der Waals surface area contributed by atoms with Gasteiger partial charge >= 0.3 is 0 Å². The molecule has 31 heavy (non-hydrogen) atoms. The minimum Gasteiger partial charge on any atom is -0.490 e. The molecule has 0 aliphatic carbocycles. The maximum absolute atomic E-state index is 13.4. The number of ether oxygens (including phenoxy) is 3. The Morgan fingerprint density at radius 3 is 2.71 bits per heavy atom. The van der Waals surface area contributed by atoms with E-state index in [2.05, 4.69) is 11.9 Å². The highest BCUT2D eigenvalue weighted by atomic mass is 16.7. The van der Waals surface area contributed by atoms with E-state index < -0.39 is 0 Å². The third kappa shape index (κ3) is 3.68. The van der Waals surface area contributed by atoms with Crippen LogP contribution in [0.1, 0.15) is 27.7 Å². The van der Waals surface area contributed by atoms with Gasteiger partial charge in [0.2, 0.25) is 6.79 Å². The number of nitrogens with zero attached hydrogens (tertiary/aromatic N) is 1. The number of hydrogen-bond donors (Lipinski definition) is 1. The average molecular weight is 414 g/mol. The number of fused-ring (bicyclic) bond motifs is 2. The predicted octanol–water partition coefficient (Wildman–Crippen LogP) is 4.75. The normalized spacial score (nSPS) is 16.5. The Bertz CT molecular complexity index is 1130. The van der Waals surface area contributed by atoms with Gasteiger partial charge in [-0.3, -0.25) is 4.79 Å². The zero-order valence-corrected chi connectivity index (χ0v) is 16.9. The van der Waals surface area contributed by atoms with E-state index in [-0.39, 0.29) is 18.9 Å². The zero-order chi connectivity index (χ0) is 21.2. The number of para-hydroxylation sites is 1. The molecule has 3 aromatic carbocycles. The third-order valence-electron chi connectivity index (χ3n) is 5.38. The van der Waals surface area contributed by atoms with Crippen LogP contribution in [0.3, 0.4) is 0 Å². The van der Waals surface area contributed by atoms with Gasteiger partial charge in [-0.05, 0) is 47.5 Å². The lowest BCUT2D eigenvalue weighted by Gasteiger charge is -2.38. The Morgan fingerprint density at radius 2 is 1.87 bits per heavy atom. The molecule has 6 heteroatoms. The van der Waals surface area contributed by atoms with Crippen molar-refractivity contribution in [2.75, 3.05) is 18.7 Å². The average Bonchev–Trinajstić information content (AvgIpc) is 3.28. The molecule has 1 atom stereocenters. The first-order valence-corrected chi connectivity index (χ1v) is 10.1. The van der Waals surface area contributed by atoms with Gasteiger partial charge < -0.3 is 24.4 Å². The molecule has 1 unspecified atom stereocenters. The van der Waals surface area contributed by atoms with Crippen LogP contribution in [0.25, 0.3) is 0 Å². The van der Waals surface area contributed by atoms with Crippen molar-refractivity contribution >= 4 is 11.6 Å². The van der Waals surface area contributed by atoms with E-state index in [4.69, 9.17) is 14.2 Å². The molecule has 1 amide bonds.